The van der Waals surface area contributed by atoms with Gasteiger partial charge < -0.3 is 9.47 Å². The first kappa shape index (κ1) is 14.5. The topological polar surface area (TPSA) is 18.5 Å². The molecule has 1 rings (SSSR count). The van der Waals surface area contributed by atoms with Crippen molar-refractivity contribution in [1.82, 2.24) is 0 Å². The first-order chi connectivity index (χ1) is 7.94. The molecule has 0 saturated heterocycles. The van der Waals surface area contributed by atoms with Gasteiger partial charge in [0.05, 0.1) is 0 Å². The zero-order valence-corrected chi connectivity index (χ0v) is 12.3. The van der Waals surface area contributed by atoms with Gasteiger partial charge in [0.2, 0.25) is 0 Å². The Morgan fingerprint density at radius 2 is 1.76 bits per heavy atom. The number of hydrogen-bond donors (Lipinski definition) is 0. The predicted molar refractivity (Wildman–Crippen MR) is 75.4 cm³/mol. The van der Waals surface area contributed by atoms with Gasteiger partial charge in [-0.15, -0.1) is 9.24 Å². The Labute approximate surface area is 107 Å². The summed E-state index contributed by atoms with van der Waals surface area (Å²) >= 11 is 0. The Balaban J connectivity index is 2.61. The SMILES string of the molecule is COC(CC(C)(C)C)Oc1ccc(CP)cc1. The van der Waals surface area contributed by atoms with Crippen molar-refractivity contribution in [3.63, 3.8) is 0 Å². The number of ether oxygens (including phenoxy) is 2. The lowest BCUT2D eigenvalue weighted by molar-refractivity contribution is -0.0756. The van der Waals surface area contributed by atoms with Gasteiger partial charge in [-0.25, -0.2) is 0 Å². The van der Waals surface area contributed by atoms with E-state index < -0.39 is 0 Å². The molecule has 0 N–H and O–H groups in total. The van der Waals surface area contributed by atoms with Crippen LogP contribution in [-0.4, -0.2) is 13.4 Å². The number of methoxy groups -OCH3 is 1. The molecule has 2 unspecified atom stereocenters. The van der Waals surface area contributed by atoms with Crippen molar-refractivity contribution in [1.29, 1.82) is 0 Å². The van der Waals surface area contributed by atoms with Gasteiger partial charge in [0.25, 0.3) is 0 Å². The fourth-order valence-corrected chi connectivity index (χ4v) is 1.80. The Morgan fingerprint density at radius 3 is 2.18 bits per heavy atom. The van der Waals surface area contributed by atoms with E-state index in [1.165, 1.54) is 5.56 Å². The van der Waals surface area contributed by atoms with Crippen molar-refractivity contribution in [3.8, 4) is 5.75 Å². The smallest absolute Gasteiger partial charge is 0.200 e. The summed E-state index contributed by atoms with van der Waals surface area (Å²) in [5.41, 5.74) is 1.48. The van der Waals surface area contributed by atoms with Crippen molar-refractivity contribution in [2.75, 3.05) is 7.11 Å². The Kier molecular flexibility index (Phi) is 5.42. The van der Waals surface area contributed by atoms with Gasteiger partial charge >= 0.3 is 0 Å². The molecule has 0 amide bonds. The average Bonchev–Trinajstić information content (AvgIpc) is 2.27. The van der Waals surface area contributed by atoms with E-state index in [1.807, 2.05) is 12.1 Å². The van der Waals surface area contributed by atoms with Gasteiger partial charge in [-0.1, -0.05) is 32.9 Å². The van der Waals surface area contributed by atoms with Crippen molar-refractivity contribution >= 4 is 9.24 Å². The second-order valence-corrected chi connectivity index (χ2v) is 5.80. The highest BCUT2D eigenvalue weighted by atomic mass is 31.0. The van der Waals surface area contributed by atoms with Crippen LogP contribution in [-0.2, 0) is 10.9 Å². The minimum atomic E-state index is -0.183. The lowest BCUT2D eigenvalue weighted by atomic mass is 9.92. The van der Waals surface area contributed by atoms with E-state index in [9.17, 15) is 0 Å². The molecule has 0 heterocycles. The van der Waals surface area contributed by atoms with Crippen LogP contribution in [0.25, 0.3) is 0 Å². The van der Waals surface area contributed by atoms with Gasteiger partial charge in [-0.2, -0.15) is 0 Å². The molecule has 2 atom stereocenters. The molecule has 1 aromatic rings. The molecule has 0 radical (unpaired) electrons. The van der Waals surface area contributed by atoms with Crippen LogP contribution < -0.4 is 4.74 Å². The first-order valence-electron chi connectivity index (χ1n) is 5.93. The zero-order valence-electron chi connectivity index (χ0n) is 11.2. The molecule has 3 heteroatoms. The van der Waals surface area contributed by atoms with Gasteiger partial charge in [0, 0.05) is 13.5 Å². The van der Waals surface area contributed by atoms with Crippen LogP contribution in [0.5, 0.6) is 5.75 Å². The molecule has 2 nitrogen and oxygen atoms in total. The number of benzene rings is 1. The third kappa shape index (κ3) is 5.52. The lowest BCUT2D eigenvalue weighted by Gasteiger charge is -2.25. The largest absolute Gasteiger partial charge is 0.465 e. The maximum absolute atomic E-state index is 5.81. The number of rotatable bonds is 5. The summed E-state index contributed by atoms with van der Waals surface area (Å²) in [6.07, 6.45) is 1.65. The van der Waals surface area contributed by atoms with Crippen molar-refractivity contribution < 1.29 is 9.47 Å². The van der Waals surface area contributed by atoms with Crippen LogP contribution in [0.3, 0.4) is 0 Å². The molecule has 0 aliphatic heterocycles. The summed E-state index contributed by atoms with van der Waals surface area (Å²) in [7, 11) is 4.40. The van der Waals surface area contributed by atoms with Crippen molar-refractivity contribution in [2.45, 2.75) is 39.6 Å². The molecule has 0 bridgehead atoms. The highest BCUT2D eigenvalue weighted by Gasteiger charge is 2.19. The van der Waals surface area contributed by atoms with Crippen LogP contribution in [0.2, 0.25) is 0 Å². The summed E-state index contributed by atoms with van der Waals surface area (Å²) < 4.78 is 11.2. The minimum absolute atomic E-state index is 0.183. The fraction of sp³-hybridized carbons (Fsp3) is 0.571. The van der Waals surface area contributed by atoms with E-state index in [2.05, 4.69) is 42.1 Å². The Morgan fingerprint density at radius 1 is 1.18 bits per heavy atom. The van der Waals surface area contributed by atoms with Gasteiger partial charge in [0.1, 0.15) is 5.75 Å². The maximum Gasteiger partial charge on any atom is 0.200 e. The average molecular weight is 254 g/mol. The third-order valence-electron chi connectivity index (χ3n) is 2.47. The highest BCUT2D eigenvalue weighted by Crippen LogP contribution is 2.24. The summed E-state index contributed by atoms with van der Waals surface area (Å²) in [6.45, 7) is 6.54. The maximum atomic E-state index is 5.81. The molecule has 0 aromatic heterocycles. The molecule has 0 fully saturated rings. The van der Waals surface area contributed by atoms with Gasteiger partial charge in [0.15, 0.2) is 6.29 Å². The quantitative estimate of drug-likeness (QED) is 0.587. The molecule has 0 spiro atoms. The molecule has 96 valence electrons. The zero-order chi connectivity index (χ0) is 12.9. The monoisotopic (exact) mass is 254 g/mol. The predicted octanol–water partition coefficient (Wildman–Crippen LogP) is 3.85. The second kappa shape index (κ2) is 6.37. The molecule has 17 heavy (non-hydrogen) atoms. The highest BCUT2D eigenvalue weighted by molar-refractivity contribution is 7.15. The van der Waals surface area contributed by atoms with Gasteiger partial charge in [-0.05, 0) is 29.3 Å². The van der Waals surface area contributed by atoms with E-state index in [1.54, 1.807) is 7.11 Å². The minimum Gasteiger partial charge on any atom is -0.465 e. The molecular weight excluding hydrogens is 231 g/mol. The molecule has 0 aliphatic carbocycles. The molecule has 0 saturated carbocycles. The number of hydrogen-bond acceptors (Lipinski definition) is 2. The van der Waals surface area contributed by atoms with Crippen LogP contribution in [0.15, 0.2) is 24.3 Å². The van der Waals surface area contributed by atoms with Crippen LogP contribution in [0.4, 0.5) is 0 Å². The van der Waals surface area contributed by atoms with Gasteiger partial charge in [-0.3, -0.25) is 0 Å². The fourth-order valence-electron chi connectivity index (χ4n) is 1.53. The van der Waals surface area contributed by atoms with Crippen LogP contribution >= 0.6 is 9.24 Å². The summed E-state index contributed by atoms with van der Waals surface area (Å²) in [6, 6.07) is 8.14. The molecule has 0 aliphatic rings. The van der Waals surface area contributed by atoms with Crippen LogP contribution in [0.1, 0.15) is 32.8 Å². The van der Waals surface area contributed by atoms with E-state index in [0.717, 1.165) is 18.3 Å². The first-order valence-corrected chi connectivity index (χ1v) is 6.75. The molecular formula is C14H23O2P. The summed E-state index contributed by atoms with van der Waals surface area (Å²) in [5.74, 6) is 0.864. The Hall–Kier alpha value is -0.590. The third-order valence-corrected chi connectivity index (χ3v) is 2.94. The van der Waals surface area contributed by atoms with Crippen LogP contribution in [0, 0.1) is 5.41 Å². The van der Waals surface area contributed by atoms with E-state index in [-0.39, 0.29) is 11.7 Å². The Bertz CT molecular complexity index is 327. The standard InChI is InChI=1S/C14H23O2P/c1-14(2,3)9-13(15-4)16-12-7-5-11(10-17)6-8-12/h5-8,13H,9-10,17H2,1-4H3. The van der Waals surface area contributed by atoms with Crippen molar-refractivity contribution in [3.05, 3.63) is 29.8 Å². The normalized spacial score (nSPS) is 13.5. The second-order valence-electron chi connectivity index (χ2n) is 5.40. The van der Waals surface area contributed by atoms with E-state index in [0.29, 0.717) is 0 Å². The van der Waals surface area contributed by atoms with E-state index in [4.69, 9.17) is 9.47 Å². The summed E-state index contributed by atoms with van der Waals surface area (Å²) in [4.78, 5) is 0. The van der Waals surface area contributed by atoms with Crippen molar-refractivity contribution in [2.24, 2.45) is 5.41 Å². The van der Waals surface area contributed by atoms with E-state index >= 15 is 0 Å². The molecule has 1 aromatic carbocycles. The summed E-state index contributed by atoms with van der Waals surface area (Å²) in [5, 5.41) is 0. The lowest BCUT2D eigenvalue weighted by Crippen LogP contribution is -2.25.